The van der Waals surface area contributed by atoms with Gasteiger partial charge in [0.1, 0.15) is 0 Å². The molecule has 0 bridgehead atoms. The third kappa shape index (κ3) is 3.94. The fourth-order valence-corrected chi connectivity index (χ4v) is 5.32. The quantitative estimate of drug-likeness (QED) is 0.433. The van der Waals surface area contributed by atoms with E-state index in [4.69, 9.17) is 0 Å². The summed E-state index contributed by atoms with van der Waals surface area (Å²) in [7, 11) is 0. The molecule has 4 rings (SSSR count). The fraction of sp³-hybridized carbons (Fsp3) is 0.364. The van der Waals surface area contributed by atoms with Crippen LogP contribution in [0, 0.1) is 6.92 Å². The van der Waals surface area contributed by atoms with Gasteiger partial charge in [0, 0.05) is 16.2 Å². The van der Waals surface area contributed by atoms with Crippen LogP contribution in [0.3, 0.4) is 0 Å². The molecule has 0 saturated carbocycles. The second-order valence-electron chi connectivity index (χ2n) is 7.54. The lowest BCUT2D eigenvalue weighted by Gasteiger charge is -2.28. The van der Waals surface area contributed by atoms with Crippen molar-refractivity contribution in [3.8, 4) is 11.1 Å². The van der Waals surface area contributed by atoms with Gasteiger partial charge in [0.15, 0.2) is 0 Å². The van der Waals surface area contributed by atoms with E-state index >= 15 is 0 Å². The minimum atomic E-state index is -4.87. The number of allylic oxidation sites excluding steroid dienone is 2. The summed E-state index contributed by atoms with van der Waals surface area (Å²) >= 11 is 1.70. The molecule has 0 amide bonds. The lowest BCUT2D eigenvalue weighted by molar-refractivity contribution is -0.143. The van der Waals surface area contributed by atoms with Crippen molar-refractivity contribution in [2.24, 2.45) is 0 Å². The zero-order valence-electron chi connectivity index (χ0n) is 16.1. The largest absolute Gasteiger partial charge is 0.416 e. The minimum Gasteiger partial charge on any atom is -0.334 e. The standard InChI is InChI=1S/C22H19F6NS/c1-13-5-4-6-17(20(13)29-12-30-19-8-3-2-7-18(19)29)14-9-15(21(23,24)25)11-16(10-14)22(26,27)28/h4-6,9-11H,2-3,7-8,12H2,1H3. The zero-order chi connectivity index (χ0) is 21.7. The molecule has 1 heterocycles. The van der Waals surface area contributed by atoms with Gasteiger partial charge in [0.05, 0.1) is 22.7 Å². The van der Waals surface area contributed by atoms with E-state index in [2.05, 4.69) is 4.90 Å². The van der Waals surface area contributed by atoms with Gasteiger partial charge in [-0.3, -0.25) is 0 Å². The number of hydrogen-bond acceptors (Lipinski definition) is 2. The number of nitrogens with zero attached hydrogens (tertiary/aromatic N) is 1. The lowest BCUT2D eigenvalue weighted by atomic mass is 9.94. The summed E-state index contributed by atoms with van der Waals surface area (Å²) in [6, 6.07) is 6.90. The molecule has 2 aliphatic rings. The van der Waals surface area contributed by atoms with Gasteiger partial charge in [-0.2, -0.15) is 26.3 Å². The minimum absolute atomic E-state index is 0.0780. The number of para-hydroxylation sites is 1. The van der Waals surface area contributed by atoms with E-state index in [0.717, 1.165) is 49.1 Å². The predicted octanol–water partition coefficient (Wildman–Crippen LogP) is 8.00. The molecule has 30 heavy (non-hydrogen) atoms. The first-order valence-corrected chi connectivity index (χ1v) is 10.6. The Labute approximate surface area is 174 Å². The SMILES string of the molecule is Cc1cccc(-c2cc(C(F)(F)F)cc(C(F)(F)F)c2)c1N1CSC2=C1CCCC2. The van der Waals surface area contributed by atoms with Gasteiger partial charge < -0.3 is 4.90 Å². The van der Waals surface area contributed by atoms with E-state index in [-0.39, 0.29) is 11.6 Å². The molecule has 0 radical (unpaired) electrons. The monoisotopic (exact) mass is 443 g/mol. The molecule has 0 spiro atoms. The van der Waals surface area contributed by atoms with Gasteiger partial charge in [-0.05, 0) is 61.9 Å². The number of anilines is 1. The number of aryl methyl sites for hydroxylation is 1. The van der Waals surface area contributed by atoms with Crippen LogP contribution >= 0.6 is 11.8 Å². The van der Waals surface area contributed by atoms with Gasteiger partial charge >= 0.3 is 12.4 Å². The Bertz CT molecular complexity index is 973. The summed E-state index contributed by atoms with van der Waals surface area (Å²) in [5, 5.41) is 0. The van der Waals surface area contributed by atoms with E-state index < -0.39 is 23.5 Å². The summed E-state index contributed by atoms with van der Waals surface area (Å²) in [6.07, 6.45) is -5.78. The highest BCUT2D eigenvalue weighted by atomic mass is 32.2. The molecule has 0 saturated heterocycles. The summed E-state index contributed by atoms with van der Waals surface area (Å²) in [4.78, 5) is 3.34. The van der Waals surface area contributed by atoms with Crippen molar-refractivity contribution >= 4 is 17.4 Å². The smallest absolute Gasteiger partial charge is 0.334 e. The maximum atomic E-state index is 13.4. The molecular formula is C22H19F6NS. The van der Waals surface area contributed by atoms with Gasteiger partial charge in [-0.15, -0.1) is 11.8 Å². The molecule has 2 aromatic carbocycles. The summed E-state index contributed by atoms with van der Waals surface area (Å²) < 4.78 is 80.2. The molecule has 1 aliphatic heterocycles. The average Bonchev–Trinajstić information content (AvgIpc) is 3.10. The molecule has 0 fully saturated rings. The van der Waals surface area contributed by atoms with Crippen molar-refractivity contribution in [2.75, 3.05) is 10.8 Å². The normalized spacial score (nSPS) is 17.5. The van der Waals surface area contributed by atoms with E-state index in [1.165, 1.54) is 4.91 Å². The lowest BCUT2D eigenvalue weighted by Crippen LogP contribution is -2.21. The second-order valence-corrected chi connectivity index (χ2v) is 8.58. The van der Waals surface area contributed by atoms with Crippen molar-refractivity contribution in [3.63, 3.8) is 0 Å². The summed E-state index contributed by atoms with van der Waals surface area (Å²) in [5.74, 6) is 0.619. The highest BCUT2D eigenvalue weighted by Gasteiger charge is 2.37. The maximum absolute atomic E-state index is 13.4. The van der Waals surface area contributed by atoms with Crippen LogP contribution in [0.2, 0.25) is 0 Å². The van der Waals surface area contributed by atoms with Crippen LogP contribution in [-0.4, -0.2) is 5.88 Å². The van der Waals surface area contributed by atoms with Crippen LogP contribution in [0.15, 0.2) is 47.0 Å². The van der Waals surface area contributed by atoms with E-state index in [1.54, 1.807) is 23.9 Å². The van der Waals surface area contributed by atoms with Crippen molar-refractivity contribution in [2.45, 2.75) is 45.0 Å². The zero-order valence-corrected chi connectivity index (χ0v) is 16.9. The molecule has 1 aliphatic carbocycles. The van der Waals surface area contributed by atoms with Crippen LogP contribution in [-0.2, 0) is 12.4 Å². The van der Waals surface area contributed by atoms with Gasteiger partial charge in [0.25, 0.3) is 0 Å². The Balaban J connectivity index is 1.90. The second kappa shape index (κ2) is 7.55. The highest BCUT2D eigenvalue weighted by molar-refractivity contribution is 8.03. The van der Waals surface area contributed by atoms with Crippen LogP contribution in [0.1, 0.15) is 42.4 Å². The fourth-order valence-electron chi connectivity index (χ4n) is 4.08. The Morgan fingerprint density at radius 2 is 1.50 bits per heavy atom. The van der Waals surface area contributed by atoms with Gasteiger partial charge in [-0.1, -0.05) is 18.2 Å². The first-order chi connectivity index (χ1) is 14.1. The molecule has 1 nitrogen and oxygen atoms in total. The van der Waals surface area contributed by atoms with Crippen LogP contribution in [0.4, 0.5) is 32.0 Å². The third-order valence-electron chi connectivity index (χ3n) is 5.49. The summed E-state index contributed by atoms with van der Waals surface area (Å²) in [5.41, 5.74) is 0.353. The van der Waals surface area contributed by atoms with Crippen molar-refractivity contribution in [1.29, 1.82) is 0 Å². The molecule has 0 aromatic heterocycles. The Kier molecular flexibility index (Phi) is 5.33. The molecule has 8 heteroatoms. The van der Waals surface area contributed by atoms with Gasteiger partial charge in [-0.25, -0.2) is 0 Å². The molecule has 0 N–H and O–H groups in total. The Morgan fingerprint density at radius 3 is 2.13 bits per heavy atom. The first-order valence-electron chi connectivity index (χ1n) is 9.57. The molecule has 0 unspecified atom stereocenters. The Hall–Kier alpha value is -2.09. The first kappa shape index (κ1) is 21.2. The molecule has 0 atom stereocenters. The number of thioether (sulfide) groups is 1. The molecule has 2 aromatic rings. The number of hydrogen-bond donors (Lipinski definition) is 0. The van der Waals surface area contributed by atoms with Crippen molar-refractivity contribution < 1.29 is 26.3 Å². The van der Waals surface area contributed by atoms with Gasteiger partial charge in [0.2, 0.25) is 0 Å². The van der Waals surface area contributed by atoms with Crippen molar-refractivity contribution in [3.05, 3.63) is 63.7 Å². The predicted molar refractivity (Wildman–Crippen MR) is 107 cm³/mol. The van der Waals surface area contributed by atoms with E-state index in [1.807, 2.05) is 13.0 Å². The third-order valence-corrected chi connectivity index (χ3v) is 6.66. The topological polar surface area (TPSA) is 3.24 Å². The van der Waals surface area contributed by atoms with Crippen LogP contribution < -0.4 is 4.90 Å². The Morgan fingerprint density at radius 1 is 0.867 bits per heavy atom. The highest BCUT2D eigenvalue weighted by Crippen LogP contribution is 2.48. The van der Waals surface area contributed by atoms with Crippen molar-refractivity contribution in [1.82, 2.24) is 0 Å². The van der Waals surface area contributed by atoms with E-state index in [0.29, 0.717) is 17.1 Å². The molecular weight excluding hydrogens is 424 g/mol. The number of alkyl halides is 6. The van der Waals surface area contributed by atoms with E-state index in [9.17, 15) is 26.3 Å². The number of halogens is 6. The average molecular weight is 443 g/mol. The van der Waals surface area contributed by atoms with Crippen LogP contribution in [0.5, 0.6) is 0 Å². The molecule has 160 valence electrons. The maximum Gasteiger partial charge on any atom is 0.416 e. The summed E-state index contributed by atoms with van der Waals surface area (Å²) in [6.45, 7) is 1.84. The van der Waals surface area contributed by atoms with Crippen LogP contribution in [0.25, 0.3) is 11.1 Å². The number of rotatable bonds is 2. The number of benzene rings is 2.